The van der Waals surface area contributed by atoms with Crippen molar-refractivity contribution in [1.29, 1.82) is 0 Å². The van der Waals surface area contributed by atoms with Crippen LogP contribution in [0, 0.1) is 17.8 Å². The highest BCUT2D eigenvalue weighted by Crippen LogP contribution is 2.44. The molecule has 0 aliphatic heterocycles. The molecule has 0 N–H and O–H groups in total. The highest BCUT2D eigenvalue weighted by Gasteiger charge is 2.31. The molecule has 3 rings (SSSR count). The summed E-state index contributed by atoms with van der Waals surface area (Å²) in [5.74, 6) is 3.79. The van der Waals surface area contributed by atoms with Crippen molar-refractivity contribution < 1.29 is 4.74 Å². The Morgan fingerprint density at radius 1 is 0.767 bits per heavy atom. The molecular formula is C29H44O. The normalized spacial score (nSPS) is 26.9. The topological polar surface area (TPSA) is 9.23 Å². The average molecular weight is 409 g/mol. The minimum absolute atomic E-state index is 0.737. The Morgan fingerprint density at radius 2 is 1.37 bits per heavy atom. The highest BCUT2D eigenvalue weighted by molar-refractivity contribution is 5.25. The molecule has 1 aromatic rings. The van der Waals surface area contributed by atoms with Crippen LogP contribution in [0.25, 0.3) is 0 Å². The van der Waals surface area contributed by atoms with E-state index in [2.05, 4.69) is 43.5 Å². The van der Waals surface area contributed by atoms with Gasteiger partial charge in [0.25, 0.3) is 0 Å². The van der Waals surface area contributed by atoms with E-state index in [-0.39, 0.29) is 0 Å². The molecule has 166 valence electrons. The van der Waals surface area contributed by atoms with E-state index in [0.717, 1.165) is 49.7 Å². The van der Waals surface area contributed by atoms with Crippen LogP contribution in [0.1, 0.15) is 101 Å². The quantitative estimate of drug-likeness (QED) is 0.248. The number of hydrogen-bond acceptors (Lipinski definition) is 1. The summed E-state index contributed by atoms with van der Waals surface area (Å²) in [6.07, 6.45) is 21.8. The lowest BCUT2D eigenvalue weighted by Crippen LogP contribution is -2.25. The predicted molar refractivity (Wildman–Crippen MR) is 130 cm³/mol. The third kappa shape index (κ3) is 7.41. The van der Waals surface area contributed by atoms with Crippen LogP contribution in [0.15, 0.2) is 49.6 Å². The van der Waals surface area contributed by atoms with E-state index in [1.807, 2.05) is 6.08 Å². The maximum Gasteiger partial charge on any atom is 0.0716 e. The molecular weight excluding hydrogens is 364 g/mol. The van der Waals surface area contributed by atoms with Gasteiger partial charge in [-0.2, -0.15) is 0 Å². The molecule has 0 heterocycles. The summed E-state index contributed by atoms with van der Waals surface area (Å²) < 4.78 is 5.77. The number of ether oxygens (including phenoxy) is 1. The molecule has 0 radical (unpaired) electrons. The molecule has 1 heteroatoms. The maximum atomic E-state index is 5.77. The molecule has 0 spiro atoms. The summed E-state index contributed by atoms with van der Waals surface area (Å²) in [4.78, 5) is 0. The fourth-order valence-electron chi connectivity index (χ4n) is 5.83. The summed E-state index contributed by atoms with van der Waals surface area (Å²) >= 11 is 0. The van der Waals surface area contributed by atoms with Gasteiger partial charge in [0.15, 0.2) is 0 Å². The van der Waals surface area contributed by atoms with Crippen molar-refractivity contribution in [3.63, 3.8) is 0 Å². The number of benzene rings is 1. The summed E-state index contributed by atoms with van der Waals surface area (Å²) in [6.45, 7) is 9.18. The summed E-state index contributed by atoms with van der Waals surface area (Å²) in [7, 11) is 0. The molecule has 2 aliphatic rings. The summed E-state index contributed by atoms with van der Waals surface area (Å²) in [5, 5.41) is 0. The monoisotopic (exact) mass is 408 g/mol. The van der Waals surface area contributed by atoms with Crippen LogP contribution in [0.3, 0.4) is 0 Å². The zero-order valence-corrected chi connectivity index (χ0v) is 19.2. The lowest BCUT2D eigenvalue weighted by Gasteiger charge is -2.38. The fourth-order valence-corrected chi connectivity index (χ4v) is 5.83. The Bertz CT molecular complexity index is 600. The molecule has 0 bridgehead atoms. The van der Waals surface area contributed by atoms with Crippen LogP contribution in [-0.4, -0.2) is 6.61 Å². The lowest BCUT2D eigenvalue weighted by molar-refractivity contribution is 0.119. The zero-order valence-electron chi connectivity index (χ0n) is 19.2. The molecule has 2 saturated carbocycles. The van der Waals surface area contributed by atoms with Gasteiger partial charge in [-0.05, 0) is 99.0 Å². The predicted octanol–water partition coefficient (Wildman–Crippen LogP) is 8.61. The Hall–Kier alpha value is -1.34. The van der Waals surface area contributed by atoms with Crippen LogP contribution in [0.5, 0.6) is 0 Å². The van der Waals surface area contributed by atoms with Crippen molar-refractivity contribution in [2.24, 2.45) is 17.8 Å². The smallest absolute Gasteiger partial charge is 0.0716 e. The van der Waals surface area contributed by atoms with E-state index >= 15 is 0 Å². The second-order valence-electron chi connectivity index (χ2n) is 9.84. The first-order valence-corrected chi connectivity index (χ1v) is 12.7. The van der Waals surface area contributed by atoms with E-state index in [9.17, 15) is 0 Å². The van der Waals surface area contributed by atoms with Gasteiger partial charge in [0.1, 0.15) is 0 Å². The van der Waals surface area contributed by atoms with Gasteiger partial charge in [-0.3, -0.25) is 0 Å². The molecule has 0 saturated heterocycles. The first-order valence-electron chi connectivity index (χ1n) is 12.7. The van der Waals surface area contributed by atoms with Gasteiger partial charge in [0.05, 0.1) is 6.61 Å². The standard InChI is InChI=1S/C29H44O/c1-3-5-7-9-24-10-14-26(15-11-24)28-18-20-29(21-19-28)27-16-12-25(13-17-27)23-30-22-8-6-4-2/h3-4,12-13,16-17,24,26,28-29H,1-2,5-11,14-15,18-23H2/t24-,26-,28-,29-. The molecule has 1 aromatic carbocycles. The van der Waals surface area contributed by atoms with E-state index in [1.165, 1.54) is 76.2 Å². The third-order valence-corrected chi connectivity index (χ3v) is 7.77. The van der Waals surface area contributed by atoms with Crippen LogP contribution >= 0.6 is 0 Å². The Morgan fingerprint density at radius 3 is 2.00 bits per heavy atom. The largest absolute Gasteiger partial charge is 0.377 e. The van der Waals surface area contributed by atoms with Crippen LogP contribution in [0.4, 0.5) is 0 Å². The highest BCUT2D eigenvalue weighted by atomic mass is 16.5. The Kier molecular flexibility index (Phi) is 10.2. The van der Waals surface area contributed by atoms with Crippen molar-refractivity contribution in [1.82, 2.24) is 0 Å². The lowest BCUT2D eigenvalue weighted by atomic mass is 9.68. The molecule has 30 heavy (non-hydrogen) atoms. The molecule has 0 unspecified atom stereocenters. The van der Waals surface area contributed by atoms with E-state index < -0.39 is 0 Å². The number of unbranched alkanes of at least 4 members (excludes halogenated alkanes) is 2. The van der Waals surface area contributed by atoms with Crippen LogP contribution in [0.2, 0.25) is 0 Å². The van der Waals surface area contributed by atoms with Gasteiger partial charge in [0, 0.05) is 6.61 Å². The SMILES string of the molecule is C=CCCCOCc1ccc([C@H]2CC[C@H]([C@H]3CC[C@H](CCCC=C)CC3)CC2)cc1. The zero-order chi connectivity index (χ0) is 21.0. The number of hydrogen-bond donors (Lipinski definition) is 0. The van der Waals surface area contributed by atoms with Crippen molar-refractivity contribution in [2.75, 3.05) is 6.61 Å². The molecule has 0 atom stereocenters. The van der Waals surface area contributed by atoms with E-state index in [4.69, 9.17) is 4.74 Å². The van der Waals surface area contributed by atoms with Crippen LogP contribution in [-0.2, 0) is 11.3 Å². The Labute approximate surface area is 186 Å². The minimum Gasteiger partial charge on any atom is -0.377 e. The summed E-state index contributed by atoms with van der Waals surface area (Å²) in [6, 6.07) is 9.29. The Balaban J connectivity index is 1.35. The third-order valence-electron chi connectivity index (χ3n) is 7.77. The van der Waals surface area contributed by atoms with Crippen molar-refractivity contribution >= 4 is 0 Å². The maximum absolute atomic E-state index is 5.77. The van der Waals surface area contributed by atoms with E-state index in [0.29, 0.717) is 0 Å². The second kappa shape index (κ2) is 13.2. The van der Waals surface area contributed by atoms with Gasteiger partial charge >= 0.3 is 0 Å². The second-order valence-corrected chi connectivity index (χ2v) is 9.84. The van der Waals surface area contributed by atoms with Gasteiger partial charge in [-0.1, -0.05) is 55.7 Å². The number of allylic oxidation sites excluding steroid dienone is 2. The minimum atomic E-state index is 0.737. The van der Waals surface area contributed by atoms with E-state index in [1.54, 1.807) is 5.56 Å². The molecule has 0 aromatic heterocycles. The van der Waals surface area contributed by atoms with Crippen molar-refractivity contribution in [2.45, 2.75) is 96.0 Å². The van der Waals surface area contributed by atoms with Gasteiger partial charge in [0.2, 0.25) is 0 Å². The van der Waals surface area contributed by atoms with Crippen molar-refractivity contribution in [3.8, 4) is 0 Å². The molecule has 2 aliphatic carbocycles. The van der Waals surface area contributed by atoms with Gasteiger partial charge in [-0.25, -0.2) is 0 Å². The van der Waals surface area contributed by atoms with Crippen LogP contribution < -0.4 is 0 Å². The van der Waals surface area contributed by atoms with Gasteiger partial charge < -0.3 is 4.74 Å². The average Bonchev–Trinajstić information content (AvgIpc) is 2.80. The first kappa shape index (κ1) is 23.3. The first-order chi connectivity index (χ1) is 14.8. The van der Waals surface area contributed by atoms with Gasteiger partial charge in [-0.15, -0.1) is 13.2 Å². The van der Waals surface area contributed by atoms with Crippen molar-refractivity contribution in [3.05, 3.63) is 60.7 Å². The number of rotatable bonds is 12. The molecule has 1 nitrogen and oxygen atoms in total. The fraction of sp³-hybridized carbons (Fsp3) is 0.655. The molecule has 2 fully saturated rings. The summed E-state index contributed by atoms with van der Waals surface area (Å²) in [5.41, 5.74) is 2.85. The molecule has 0 amide bonds.